The lowest BCUT2D eigenvalue weighted by atomic mass is 10.1. The third-order valence-corrected chi connectivity index (χ3v) is 4.24. The number of Topliss-reactive ketones (excluding diaryl/α,β-unsaturated/α-hetero) is 1. The van der Waals surface area contributed by atoms with Gasteiger partial charge in [-0.15, -0.1) is 6.42 Å². The fourth-order valence-electron chi connectivity index (χ4n) is 2.80. The van der Waals surface area contributed by atoms with E-state index in [-0.39, 0.29) is 18.3 Å². The predicted molar refractivity (Wildman–Crippen MR) is 94.2 cm³/mol. The van der Waals surface area contributed by atoms with Crippen LogP contribution in [0.15, 0.2) is 42.5 Å². The van der Waals surface area contributed by atoms with Gasteiger partial charge in [0.1, 0.15) is 18.1 Å². The normalized spacial score (nSPS) is 13.6. The Morgan fingerprint density at radius 1 is 1.24 bits per heavy atom. The van der Waals surface area contributed by atoms with Crippen molar-refractivity contribution in [3.05, 3.63) is 48.3 Å². The molecule has 0 aliphatic heterocycles. The fraction of sp³-hybridized carbons (Fsp3) is 0.250. The highest BCUT2D eigenvalue weighted by atomic mass is 16.5. The molecule has 1 aliphatic carbocycles. The summed E-state index contributed by atoms with van der Waals surface area (Å²) in [6.07, 6.45) is 7.52. The molecule has 1 aromatic carbocycles. The molecule has 0 N–H and O–H groups in total. The summed E-state index contributed by atoms with van der Waals surface area (Å²) < 4.78 is 7.19. The number of benzene rings is 1. The van der Waals surface area contributed by atoms with Crippen molar-refractivity contribution in [3.8, 4) is 29.4 Å². The van der Waals surface area contributed by atoms with Crippen LogP contribution >= 0.6 is 0 Å². The molecule has 2 aromatic heterocycles. The average molecular weight is 331 g/mol. The van der Waals surface area contributed by atoms with E-state index in [2.05, 4.69) is 16.0 Å². The molecule has 4 rings (SSSR count). The highest BCUT2D eigenvalue weighted by Gasteiger charge is 2.30. The van der Waals surface area contributed by atoms with Crippen LogP contribution in [0.25, 0.3) is 16.9 Å². The largest absolute Gasteiger partial charge is 0.481 e. The van der Waals surface area contributed by atoms with E-state index in [1.807, 2.05) is 42.5 Å². The van der Waals surface area contributed by atoms with Crippen LogP contribution < -0.4 is 4.74 Å². The van der Waals surface area contributed by atoms with Crippen molar-refractivity contribution < 1.29 is 9.53 Å². The smallest absolute Gasteiger partial charge is 0.159 e. The Kier molecular flexibility index (Phi) is 3.95. The number of hydrogen-bond acceptors (Lipinski definition) is 4. The summed E-state index contributed by atoms with van der Waals surface area (Å²) in [7, 11) is 0. The van der Waals surface area contributed by atoms with E-state index < -0.39 is 0 Å². The second-order valence-electron chi connectivity index (χ2n) is 6.14. The molecule has 0 radical (unpaired) electrons. The molecule has 0 amide bonds. The highest BCUT2D eigenvalue weighted by molar-refractivity contribution is 5.84. The van der Waals surface area contributed by atoms with Crippen LogP contribution in [-0.2, 0) is 11.2 Å². The summed E-state index contributed by atoms with van der Waals surface area (Å²) in [5, 5.41) is 4.54. The Morgan fingerprint density at radius 3 is 2.76 bits per heavy atom. The maximum atomic E-state index is 12.0. The average Bonchev–Trinajstić information content (AvgIpc) is 3.40. The highest BCUT2D eigenvalue weighted by Crippen LogP contribution is 2.30. The minimum Gasteiger partial charge on any atom is -0.481 e. The zero-order valence-electron chi connectivity index (χ0n) is 13.7. The van der Waals surface area contributed by atoms with Gasteiger partial charge in [-0.3, -0.25) is 4.79 Å². The number of carbonyl (C=O) groups excluding carboxylic acids is 1. The van der Waals surface area contributed by atoms with Crippen molar-refractivity contribution >= 4 is 11.4 Å². The Morgan fingerprint density at radius 2 is 2.04 bits per heavy atom. The lowest BCUT2D eigenvalue weighted by Crippen LogP contribution is -2.06. The van der Waals surface area contributed by atoms with Gasteiger partial charge in [0.25, 0.3) is 0 Å². The topological polar surface area (TPSA) is 56.5 Å². The lowest BCUT2D eigenvalue weighted by Gasteiger charge is -2.06. The van der Waals surface area contributed by atoms with Gasteiger partial charge in [0.05, 0.1) is 12.1 Å². The Bertz CT molecular complexity index is 963. The van der Waals surface area contributed by atoms with Crippen LogP contribution in [0, 0.1) is 18.3 Å². The second-order valence-corrected chi connectivity index (χ2v) is 6.14. The summed E-state index contributed by atoms with van der Waals surface area (Å²) in [6, 6.07) is 13.5. The van der Waals surface area contributed by atoms with Crippen LogP contribution in [-0.4, -0.2) is 27.0 Å². The first-order chi connectivity index (χ1) is 12.2. The number of ether oxygens (including phenoxy) is 1. The first kappa shape index (κ1) is 15.4. The van der Waals surface area contributed by atoms with Crippen molar-refractivity contribution in [2.24, 2.45) is 5.92 Å². The second kappa shape index (κ2) is 6.40. The molecule has 0 atom stereocenters. The minimum atomic E-state index is 0.224. The molecule has 0 unspecified atom stereocenters. The van der Waals surface area contributed by atoms with Crippen molar-refractivity contribution in [2.75, 3.05) is 6.61 Å². The molecule has 0 bridgehead atoms. The molecule has 1 fully saturated rings. The Balaban J connectivity index is 1.63. The molecule has 0 spiro atoms. The predicted octanol–water partition coefficient (Wildman–Crippen LogP) is 2.93. The molecule has 3 aromatic rings. The van der Waals surface area contributed by atoms with E-state index in [0.29, 0.717) is 12.2 Å². The number of rotatable bonds is 6. The zero-order chi connectivity index (χ0) is 17.2. The third kappa shape index (κ3) is 3.24. The lowest BCUT2D eigenvalue weighted by molar-refractivity contribution is -0.119. The molecule has 1 saturated carbocycles. The van der Waals surface area contributed by atoms with E-state index in [0.717, 1.165) is 35.5 Å². The third-order valence-electron chi connectivity index (χ3n) is 4.24. The van der Waals surface area contributed by atoms with E-state index in [1.165, 1.54) is 0 Å². The van der Waals surface area contributed by atoms with E-state index in [4.69, 9.17) is 11.2 Å². The molecule has 1 aliphatic rings. The van der Waals surface area contributed by atoms with E-state index >= 15 is 0 Å². The maximum absolute atomic E-state index is 12.0. The summed E-state index contributed by atoms with van der Waals surface area (Å²) in [5.41, 5.74) is 2.64. The number of pyridine rings is 1. The number of fused-ring (bicyclic) bond motifs is 1. The molecule has 0 saturated heterocycles. The number of carbonyl (C=O) groups is 1. The molecule has 5 nitrogen and oxygen atoms in total. The standard InChI is InChI=1S/C20H17N3O2/c1-2-12-25-16-10-8-14(9-11-16)17-4-3-5-20-21-19(22-23(17)20)13-18(24)15-6-7-15/h1,3-5,8-11,15H,6-7,12-13H2. The maximum Gasteiger partial charge on any atom is 0.159 e. The van der Waals surface area contributed by atoms with Crippen LogP contribution in [0.4, 0.5) is 0 Å². The van der Waals surface area contributed by atoms with Gasteiger partial charge in [-0.05, 0) is 49.2 Å². The zero-order valence-corrected chi connectivity index (χ0v) is 13.7. The van der Waals surface area contributed by atoms with Crippen molar-refractivity contribution in [1.29, 1.82) is 0 Å². The molecular weight excluding hydrogens is 314 g/mol. The minimum absolute atomic E-state index is 0.224. The van der Waals surface area contributed by atoms with Crippen LogP contribution in [0.5, 0.6) is 5.75 Å². The number of aromatic nitrogens is 3. The van der Waals surface area contributed by atoms with Crippen LogP contribution in [0.2, 0.25) is 0 Å². The van der Waals surface area contributed by atoms with Gasteiger partial charge in [-0.25, -0.2) is 9.50 Å². The molecule has 2 heterocycles. The summed E-state index contributed by atoms with van der Waals surface area (Å²) in [4.78, 5) is 16.5. The van der Waals surface area contributed by atoms with Gasteiger partial charge in [0.15, 0.2) is 11.5 Å². The Labute approximate surface area is 145 Å². The molecule has 25 heavy (non-hydrogen) atoms. The monoisotopic (exact) mass is 331 g/mol. The molecule has 124 valence electrons. The van der Waals surface area contributed by atoms with Crippen molar-refractivity contribution in [3.63, 3.8) is 0 Å². The Hall–Kier alpha value is -3.13. The number of ketones is 1. The van der Waals surface area contributed by atoms with Gasteiger partial charge >= 0.3 is 0 Å². The van der Waals surface area contributed by atoms with Crippen LogP contribution in [0.1, 0.15) is 18.7 Å². The first-order valence-corrected chi connectivity index (χ1v) is 8.28. The number of nitrogens with zero attached hydrogens (tertiary/aromatic N) is 3. The van der Waals surface area contributed by atoms with Gasteiger partial charge in [0.2, 0.25) is 0 Å². The van der Waals surface area contributed by atoms with Crippen molar-refractivity contribution in [2.45, 2.75) is 19.3 Å². The first-order valence-electron chi connectivity index (χ1n) is 8.28. The van der Waals surface area contributed by atoms with Gasteiger partial charge in [-0.1, -0.05) is 12.0 Å². The summed E-state index contributed by atoms with van der Waals surface area (Å²) in [5.74, 6) is 4.22. The van der Waals surface area contributed by atoms with Gasteiger partial charge in [-0.2, -0.15) is 5.10 Å². The molecule has 5 heteroatoms. The molecular formula is C20H17N3O2. The van der Waals surface area contributed by atoms with E-state index in [1.54, 1.807) is 4.52 Å². The van der Waals surface area contributed by atoms with Crippen molar-refractivity contribution in [1.82, 2.24) is 14.6 Å². The SMILES string of the molecule is C#CCOc1ccc(-c2cccc3nc(CC(=O)C4CC4)nn23)cc1. The summed E-state index contributed by atoms with van der Waals surface area (Å²) in [6.45, 7) is 0.246. The number of hydrogen-bond donors (Lipinski definition) is 0. The van der Waals surface area contributed by atoms with Gasteiger partial charge in [0, 0.05) is 11.5 Å². The van der Waals surface area contributed by atoms with E-state index in [9.17, 15) is 4.79 Å². The summed E-state index contributed by atoms with van der Waals surface area (Å²) >= 11 is 0. The number of terminal acetylenes is 1. The fourth-order valence-corrected chi connectivity index (χ4v) is 2.80. The van der Waals surface area contributed by atoms with Gasteiger partial charge < -0.3 is 4.74 Å². The quantitative estimate of drug-likeness (QED) is 0.652. The van der Waals surface area contributed by atoms with Crippen LogP contribution in [0.3, 0.4) is 0 Å².